The third-order valence-corrected chi connectivity index (χ3v) is 7.60. The third kappa shape index (κ3) is 5.61. The summed E-state index contributed by atoms with van der Waals surface area (Å²) in [4.78, 5) is 6.71. The number of likely N-dealkylation sites (tertiary alicyclic amines) is 1. The van der Waals surface area contributed by atoms with Crippen molar-refractivity contribution in [3.63, 3.8) is 0 Å². The summed E-state index contributed by atoms with van der Waals surface area (Å²) in [6.07, 6.45) is 3.65. The fraction of sp³-hybridized carbons (Fsp3) is 0.650. The first kappa shape index (κ1) is 22.5. The number of guanidine groups is 1. The van der Waals surface area contributed by atoms with Crippen LogP contribution in [0.4, 0.5) is 0 Å². The second-order valence-electron chi connectivity index (χ2n) is 7.84. The summed E-state index contributed by atoms with van der Waals surface area (Å²) >= 11 is 0. The molecule has 1 atom stereocenters. The van der Waals surface area contributed by atoms with Gasteiger partial charge in [0.15, 0.2) is 15.8 Å². The van der Waals surface area contributed by atoms with E-state index < -0.39 is 14.6 Å². The largest absolute Gasteiger partial charge is 0.496 e. The van der Waals surface area contributed by atoms with Gasteiger partial charge in [0.25, 0.3) is 0 Å². The van der Waals surface area contributed by atoms with E-state index in [-0.39, 0.29) is 12.6 Å². The Bertz CT molecular complexity index is 771. The van der Waals surface area contributed by atoms with Gasteiger partial charge in [-0.25, -0.2) is 8.42 Å². The Kier molecular flexibility index (Phi) is 7.71. The molecule has 1 fully saturated rings. The van der Waals surface area contributed by atoms with E-state index in [0.717, 1.165) is 24.4 Å². The van der Waals surface area contributed by atoms with Crippen LogP contribution < -0.4 is 15.4 Å². The molecule has 0 spiro atoms. The number of rotatable bonds is 8. The number of methoxy groups -OCH3 is 1. The zero-order valence-corrected chi connectivity index (χ0v) is 18.5. The fourth-order valence-electron chi connectivity index (χ4n) is 3.27. The second kappa shape index (κ2) is 9.60. The van der Waals surface area contributed by atoms with Crippen LogP contribution in [0.2, 0.25) is 0 Å². The lowest BCUT2D eigenvalue weighted by atomic mass is 10.0. The Hall–Kier alpha value is -1.80. The number of sulfone groups is 1. The lowest BCUT2D eigenvalue weighted by Gasteiger charge is -2.30. The van der Waals surface area contributed by atoms with Gasteiger partial charge in [-0.3, -0.25) is 9.89 Å². The van der Waals surface area contributed by atoms with Crippen molar-refractivity contribution in [3.05, 3.63) is 29.8 Å². The summed E-state index contributed by atoms with van der Waals surface area (Å²) < 4.78 is 28.6. The number of nitrogens with one attached hydrogen (secondary N) is 2. The molecule has 1 aliphatic heterocycles. The molecule has 8 heteroatoms. The lowest BCUT2D eigenvalue weighted by Crippen LogP contribution is -2.49. The molecule has 28 heavy (non-hydrogen) atoms. The van der Waals surface area contributed by atoms with Crippen LogP contribution in [0.3, 0.4) is 0 Å². The number of nitrogens with zero attached hydrogens (tertiary/aromatic N) is 2. The molecule has 0 amide bonds. The summed E-state index contributed by atoms with van der Waals surface area (Å²) in [6.45, 7) is 6.47. The summed E-state index contributed by atoms with van der Waals surface area (Å²) in [5.41, 5.74) is 1.14. The molecule has 2 rings (SSSR count). The van der Waals surface area contributed by atoms with Crippen LogP contribution in [-0.2, 0) is 9.84 Å². The highest BCUT2D eigenvalue weighted by Gasteiger charge is 2.30. The highest BCUT2D eigenvalue weighted by molar-refractivity contribution is 7.92. The van der Waals surface area contributed by atoms with Gasteiger partial charge < -0.3 is 15.4 Å². The van der Waals surface area contributed by atoms with Crippen LogP contribution in [0.5, 0.6) is 5.75 Å². The Morgan fingerprint density at radius 3 is 2.46 bits per heavy atom. The maximum Gasteiger partial charge on any atom is 0.191 e. The van der Waals surface area contributed by atoms with Gasteiger partial charge in [0.1, 0.15) is 5.75 Å². The number of para-hydroxylation sites is 1. The predicted octanol–water partition coefficient (Wildman–Crippen LogP) is 1.82. The molecule has 0 aliphatic carbocycles. The number of ether oxygens (including phenoxy) is 1. The zero-order valence-electron chi connectivity index (χ0n) is 17.7. The predicted molar refractivity (Wildman–Crippen MR) is 115 cm³/mol. The molecule has 1 heterocycles. The quantitative estimate of drug-likeness (QED) is 0.502. The van der Waals surface area contributed by atoms with E-state index in [1.807, 2.05) is 18.2 Å². The van der Waals surface area contributed by atoms with Crippen LogP contribution in [0.1, 0.15) is 38.3 Å². The molecule has 0 saturated carbocycles. The van der Waals surface area contributed by atoms with Crippen molar-refractivity contribution in [1.29, 1.82) is 0 Å². The smallest absolute Gasteiger partial charge is 0.191 e. The minimum Gasteiger partial charge on any atom is -0.496 e. The normalized spacial score (nSPS) is 17.4. The molecular weight excluding hydrogens is 376 g/mol. The van der Waals surface area contributed by atoms with Crippen LogP contribution in [-0.4, -0.2) is 70.6 Å². The van der Waals surface area contributed by atoms with Crippen molar-refractivity contribution >= 4 is 15.8 Å². The second-order valence-corrected chi connectivity index (χ2v) is 10.5. The van der Waals surface area contributed by atoms with Crippen molar-refractivity contribution in [2.24, 2.45) is 4.99 Å². The standard InChI is InChI=1S/C20H34N4O3S/c1-20(2,28(5,25)26)15-23-19(21-3)22-14-17(24-12-8-9-13-24)16-10-6-7-11-18(16)27-4/h6-7,10-11,17H,8-9,12-15H2,1-5H3,(H2,21,22,23). The average molecular weight is 411 g/mol. The minimum absolute atomic E-state index is 0.153. The van der Waals surface area contributed by atoms with Crippen molar-refractivity contribution in [2.45, 2.75) is 37.5 Å². The van der Waals surface area contributed by atoms with Gasteiger partial charge in [-0.05, 0) is 45.8 Å². The Labute approximate surface area is 169 Å². The van der Waals surface area contributed by atoms with E-state index in [1.54, 1.807) is 28.0 Å². The van der Waals surface area contributed by atoms with Gasteiger partial charge in [-0.1, -0.05) is 18.2 Å². The van der Waals surface area contributed by atoms with Gasteiger partial charge in [-0.2, -0.15) is 0 Å². The molecule has 2 N–H and O–H groups in total. The monoisotopic (exact) mass is 410 g/mol. The van der Waals surface area contributed by atoms with Crippen LogP contribution in [0.25, 0.3) is 0 Å². The highest BCUT2D eigenvalue weighted by Crippen LogP contribution is 2.31. The first-order valence-corrected chi connectivity index (χ1v) is 11.6. The molecule has 7 nitrogen and oxygen atoms in total. The van der Waals surface area contributed by atoms with E-state index >= 15 is 0 Å². The summed E-state index contributed by atoms with van der Waals surface area (Å²) in [7, 11) is 0.214. The number of benzene rings is 1. The van der Waals surface area contributed by atoms with E-state index in [2.05, 4.69) is 26.6 Å². The van der Waals surface area contributed by atoms with Gasteiger partial charge >= 0.3 is 0 Å². The molecule has 0 radical (unpaired) electrons. The zero-order chi connectivity index (χ0) is 20.8. The maximum absolute atomic E-state index is 11.9. The fourth-order valence-corrected chi connectivity index (χ4v) is 3.61. The summed E-state index contributed by atoms with van der Waals surface area (Å²) in [5.74, 6) is 1.47. The topological polar surface area (TPSA) is 83.0 Å². The maximum atomic E-state index is 11.9. The Balaban J connectivity index is 2.09. The van der Waals surface area contributed by atoms with Gasteiger partial charge in [0.2, 0.25) is 0 Å². The van der Waals surface area contributed by atoms with Gasteiger partial charge in [0.05, 0.1) is 17.9 Å². The lowest BCUT2D eigenvalue weighted by molar-refractivity contribution is 0.239. The first-order valence-electron chi connectivity index (χ1n) is 9.70. The Morgan fingerprint density at radius 2 is 1.89 bits per heavy atom. The van der Waals surface area contributed by atoms with E-state index in [1.165, 1.54) is 19.1 Å². The van der Waals surface area contributed by atoms with Gasteiger partial charge in [-0.15, -0.1) is 0 Å². The van der Waals surface area contributed by atoms with Crippen LogP contribution >= 0.6 is 0 Å². The summed E-state index contributed by atoms with van der Waals surface area (Å²) in [6, 6.07) is 8.25. The highest BCUT2D eigenvalue weighted by atomic mass is 32.2. The molecule has 1 saturated heterocycles. The first-order chi connectivity index (χ1) is 13.2. The number of hydrogen-bond acceptors (Lipinski definition) is 5. The van der Waals surface area contributed by atoms with Crippen LogP contribution in [0, 0.1) is 0 Å². The molecule has 0 aromatic heterocycles. The molecule has 1 aliphatic rings. The molecule has 0 bridgehead atoms. The molecule has 1 aromatic carbocycles. The van der Waals surface area contributed by atoms with Crippen molar-refractivity contribution in [3.8, 4) is 5.75 Å². The van der Waals surface area contributed by atoms with E-state index in [4.69, 9.17) is 4.74 Å². The number of hydrogen-bond donors (Lipinski definition) is 2. The van der Waals surface area contributed by atoms with Gasteiger partial charge in [0, 0.05) is 32.0 Å². The van der Waals surface area contributed by atoms with Crippen LogP contribution in [0.15, 0.2) is 29.3 Å². The Morgan fingerprint density at radius 1 is 1.25 bits per heavy atom. The third-order valence-electron chi connectivity index (χ3n) is 5.45. The average Bonchev–Trinajstić information content (AvgIpc) is 3.18. The molecule has 1 unspecified atom stereocenters. The van der Waals surface area contributed by atoms with E-state index in [0.29, 0.717) is 12.5 Å². The number of aliphatic imine (C=N–C) groups is 1. The van der Waals surface area contributed by atoms with Crippen molar-refractivity contribution in [2.75, 3.05) is 46.6 Å². The molecular formula is C20H34N4O3S. The molecule has 158 valence electrons. The molecule has 1 aromatic rings. The van der Waals surface area contributed by atoms with Crippen molar-refractivity contribution in [1.82, 2.24) is 15.5 Å². The van der Waals surface area contributed by atoms with E-state index in [9.17, 15) is 8.42 Å². The SMILES string of the molecule is CN=C(NCC(c1ccccc1OC)N1CCCC1)NCC(C)(C)S(C)(=O)=O. The minimum atomic E-state index is -3.17. The summed E-state index contributed by atoms with van der Waals surface area (Å²) in [5, 5.41) is 6.52. The van der Waals surface area contributed by atoms with Crippen molar-refractivity contribution < 1.29 is 13.2 Å².